The number of rotatable bonds is 4. The highest BCUT2D eigenvalue weighted by atomic mass is 79.9. The average Bonchev–Trinajstić information content (AvgIpc) is 3.30. The summed E-state index contributed by atoms with van der Waals surface area (Å²) in [5, 5.41) is 19.1. The standard InChI is InChI=1S/C27H20BrN3O3S2/c1-14-11-16(13-18(23(14)32)26-30-20-9-5-6-10-21(20)36-26)29-27(35)31-25(33)19-12-15-7-3-4-8-17(15)22(28)24(19)34-2/h3-13,32H,1-2H3,(H2,29,31,33,35). The molecule has 180 valence electrons. The molecule has 0 unspecified atom stereocenters. The number of nitrogens with one attached hydrogen (secondary N) is 2. The Bertz CT molecular complexity index is 1630. The van der Waals surface area contributed by atoms with Gasteiger partial charge in [-0.05, 0) is 81.7 Å². The monoisotopic (exact) mass is 577 g/mol. The number of amides is 1. The summed E-state index contributed by atoms with van der Waals surface area (Å²) in [5.74, 6) is 0.172. The number of para-hydroxylation sites is 1. The Morgan fingerprint density at radius 3 is 2.64 bits per heavy atom. The molecule has 0 aliphatic rings. The lowest BCUT2D eigenvalue weighted by atomic mass is 10.1. The van der Waals surface area contributed by atoms with Crippen LogP contribution in [-0.2, 0) is 0 Å². The molecule has 1 heterocycles. The zero-order valence-corrected chi connectivity index (χ0v) is 22.5. The molecule has 0 atom stereocenters. The fourth-order valence-corrected chi connectivity index (χ4v) is 5.92. The first-order valence-electron chi connectivity index (χ1n) is 10.9. The highest BCUT2D eigenvalue weighted by Crippen LogP contribution is 2.39. The van der Waals surface area contributed by atoms with E-state index in [-0.39, 0.29) is 10.9 Å². The van der Waals surface area contributed by atoms with Gasteiger partial charge in [-0.25, -0.2) is 4.98 Å². The summed E-state index contributed by atoms with van der Waals surface area (Å²) in [7, 11) is 1.52. The van der Waals surface area contributed by atoms with Crippen molar-refractivity contribution in [2.24, 2.45) is 0 Å². The predicted octanol–water partition coefficient (Wildman–Crippen LogP) is 7.03. The number of phenolic OH excluding ortho intramolecular Hbond substituents is 1. The Labute approximate surface area is 225 Å². The molecule has 0 aliphatic heterocycles. The molecule has 5 rings (SSSR count). The van der Waals surface area contributed by atoms with E-state index in [1.165, 1.54) is 18.4 Å². The van der Waals surface area contributed by atoms with E-state index in [0.717, 1.165) is 21.0 Å². The summed E-state index contributed by atoms with van der Waals surface area (Å²) in [6, 6.07) is 20.8. The second-order valence-electron chi connectivity index (χ2n) is 8.08. The SMILES string of the molecule is COc1c(C(=O)NC(=S)Nc2cc(C)c(O)c(-c3nc4ccccc4s3)c2)cc2ccccc2c1Br. The first-order valence-corrected chi connectivity index (χ1v) is 12.9. The van der Waals surface area contributed by atoms with E-state index in [0.29, 0.717) is 37.6 Å². The smallest absolute Gasteiger partial charge is 0.261 e. The lowest BCUT2D eigenvalue weighted by molar-refractivity contribution is 0.0975. The molecule has 1 aromatic heterocycles. The van der Waals surface area contributed by atoms with Gasteiger partial charge in [-0.2, -0.15) is 0 Å². The van der Waals surface area contributed by atoms with Crippen molar-refractivity contribution in [3.8, 4) is 22.1 Å². The molecular weight excluding hydrogens is 558 g/mol. The van der Waals surface area contributed by atoms with Crippen LogP contribution in [0.2, 0.25) is 0 Å². The van der Waals surface area contributed by atoms with Crippen molar-refractivity contribution in [2.75, 3.05) is 12.4 Å². The van der Waals surface area contributed by atoms with E-state index in [4.69, 9.17) is 17.0 Å². The molecule has 0 saturated carbocycles. The molecule has 0 saturated heterocycles. The molecule has 0 radical (unpaired) electrons. The van der Waals surface area contributed by atoms with Crippen molar-refractivity contribution < 1.29 is 14.6 Å². The van der Waals surface area contributed by atoms with Gasteiger partial charge in [0.1, 0.15) is 16.5 Å². The molecular formula is C27H20BrN3O3S2. The minimum Gasteiger partial charge on any atom is -0.507 e. The van der Waals surface area contributed by atoms with Gasteiger partial charge >= 0.3 is 0 Å². The molecule has 0 aliphatic carbocycles. The van der Waals surface area contributed by atoms with Crippen molar-refractivity contribution in [3.63, 3.8) is 0 Å². The molecule has 0 fully saturated rings. The number of ether oxygens (including phenoxy) is 1. The number of carbonyl (C=O) groups excluding carboxylic acids is 1. The average molecular weight is 579 g/mol. The number of aromatic nitrogens is 1. The number of hydrogen-bond donors (Lipinski definition) is 3. The van der Waals surface area contributed by atoms with Crippen molar-refractivity contribution in [3.05, 3.63) is 82.3 Å². The Kier molecular flexibility index (Phi) is 6.61. The second-order valence-corrected chi connectivity index (χ2v) is 10.3. The summed E-state index contributed by atoms with van der Waals surface area (Å²) in [6.07, 6.45) is 0. The van der Waals surface area contributed by atoms with Gasteiger partial charge < -0.3 is 15.2 Å². The lowest BCUT2D eigenvalue weighted by Crippen LogP contribution is -2.34. The number of fused-ring (bicyclic) bond motifs is 2. The summed E-state index contributed by atoms with van der Waals surface area (Å²) in [4.78, 5) is 17.8. The van der Waals surface area contributed by atoms with Gasteiger partial charge in [0.25, 0.3) is 5.91 Å². The van der Waals surface area contributed by atoms with Crippen molar-refractivity contribution in [1.82, 2.24) is 10.3 Å². The van der Waals surface area contributed by atoms with Crippen molar-refractivity contribution >= 4 is 77.2 Å². The quantitative estimate of drug-likeness (QED) is 0.157. The highest BCUT2D eigenvalue weighted by Gasteiger charge is 2.20. The molecule has 9 heteroatoms. The van der Waals surface area contributed by atoms with Gasteiger partial charge in [0.05, 0.1) is 32.9 Å². The molecule has 1 amide bonds. The Morgan fingerprint density at radius 2 is 1.86 bits per heavy atom. The molecule has 4 aromatic carbocycles. The first kappa shape index (κ1) is 24.2. The van der Waals surface area contributed by atoms with Crippen LogP contribution < -0.4 is 15.4 Å². The third-order valence-corrected chi connectivity index (χ3v) is 7.76. The number of hydrogen-bond acceptors (Lipinski definition) is 6. The van der Waals surface area contributed by atoms with E-state index >= 15 is 0 Å². The lowest BCUT2D eigenvalue weighted by Gasteiger charge is -2.15. The molecule has 0 bridgehead atoms. The van der Waals surface area contributed by atoms with Gasteiger partial charge in [-0.3, -0.25) is 10.1 Å². The summed E-state index contributed by atoms with van der Waals surface area (Å²) < 4.78 is 7.24. The largest absolute Gasteiger partial charge is 0.507 e. The van der Waals surface area contributed by atoms with E-state index < -0.39 is 5.91 Å². The first-order chi connectivity index (χ1) is 17.4. The maximum absolute atomic E-state index is 13.1. The van der Waals surface area contributed by atoms with E-state index in [1.807, 2.05) is 48.5 Å². The van der Waals surface area contributed by atoms with Crippen LogP contribution in [0.5, 0.6) is 11.5 Å². The highest BCUT2D eigenvalue weighted by molar-refractivity contribution is 9.10. The number of methoxy groups -OCH3 is 1. The van der Waals surface area contributed by atoms with Crippen molar-refractivity contribution in [1.29, 1.82) is 0 Å². The van der Waals surface area contributed by atoms with Gasteiger partial charge in [0, 0.05) is 5.69 Å². The van der Waals surface area contributed by atoms with Crippen molar-refractivity contribution in [2.45, 2.75) is 6.92 Å². The number of thiazole rings is 1. The number of aromatic hydroxyl groups is 1. The molecule has 5 aromatic rings. The van der Waals surface area contributed by atoms with E-state index in [9.17, 15) is 9.90 Å². The minimum absolute atomic E-state index is 0.117. The third-order valence-electron chi connectivity index (χ3n) is 5.70. The van der Waals surface area contributed by atoms with Crippen LogP contribution in [0.3, 0.4) is 0 Å². The Hall–Kier alpha value is -3.53. The molecule has 6 nitrogen and oxygen atoms in total. The van der Waals surface area contributed by atoms with Crippen LogP contribution in [0.4, 0.5) is 5.69 Å². The van der Waals surface area contributed by atoms with Gasteiger partial charge in [0.15, 0.2) is 5.11 Å². The topological polar surface area (TPSA) is 83.5 Å². The molecule has 36 heavy (non-hydrogen) atoms. The zero-order chi connectivity index (χ0) is 25.4. The number of anilines is 1. The number of nitrogens with zero attached hydrogens (tertiary/aromatic N) is 1. The fraction of sp³-hybridized carbons (Fsp3) is 0.0741. The summed E-state index contributed by atoms with van der Waals surface area (Å²) in [5.41, 5.74) is 3.09. The normalized spacial score (nSPS) is 11.0. The van der Waals surface area contributed by atoms with Gasteiger partial charge in [-0.1, -0.05) is 36.4 Å². The maximum Gasteiger partial charge on any atom is 0.261 e. The van der Waals surface area contributed by atoms with E-state index in [1.54, 1.807) is 25.1 Å². The number of carbonyl (C=O) groups is 1. The van der Waals surface area contributed by atoms with Gasteiger partial charge in [-0.15, -0.1) is 11.3 Å². The number of halogens is 1. The number of thiocarbonyl (C=S) groups is 1. The Morgan fingerprint density at radius 1 is 1.11 bits per heavy atom. The Balaban J connectivity index is 1.41. The predicted molar refractivity (Wildman–Crippen MR) is 153 cm³/mol. The molecule has 0 spiro atoms. The van der Waals surface area contributed by atoms with Crippen LogP contribution in [-0.4, -0.2) is 28.2 Å². The van der Waals surface area contributed by atoms with Crippen LogP contribution in [0.15, 0.2) is 71.2 Å². The van der Waals surface area contributed by atoms with Gasteiger partial charge in [0.2, 0.25) is 0 Å². The minimum atomic E-state index is -0.405. The maximum atomic E-state index is 13.1. The number of phenols is 1. The van der Waals surface area contributed by atoms with Crippen LogP contribution in [0.1, 0.15) is 15.9 Å². The second kappa shape index (κ2) is 9.85. The third kappa shape index (κ3) is 4.53. The fourth-order valence-electron chi connectivity index (χ4n) is 3.99. The zero-order valence-electron chi connectivity index (χ0n) is 19.3. The molecule has 3 N–H and O–H groups in total. The summed E-state index contributed by atoms with van der Waals surface area (Å²) in [6.45, 7) is 1.80. The summed E-state index contributed by atoms with van der Waals surface area (Å²) >= 11 is 10.5. The number of benzene rings is 4. The van der Waals surface area contributed by atoms with E-state index in [2.05, 4.69) is 31.5 Å². The van der Waals surface area contributed by atoms with Crippen LogP contribution >= 0.6 is 39.5 Å². The van der Waals surface area contributed by atoms with Crippen LogP contribution in [0.25, 0.3) is 31.6 Å². The van der Waals surface area contributed by atoms with Crippen LogP contribution in [0, 0.1) is 6.92 Å². The number of aryl methyl sites for hydroxylation is 1.